The Labute approximate surface area is 201 Å². The third-order valence-electron chi connectivity index (χ3n) is 4.82. The van der Waals surface area contributed by atoms with Crippen molar-refractivity contribution in [3.05, 3.63) is 71.8 Å². The zero-order chi connectivity index (χ0) is 25.0. The molecule has 184 valence electrons. The third kappa shape index (κ3) is 10.4. The van der Waals surface area contributed by atoms with E-state index in [9.17, 15) is 14.4 Å². The summed E-state index contributed by atoms with van der Waals surface area (Å²) in [6.07, 6.45) is -0.447. The van der Waals surface area contributed by atoms with Gasteiger partial charge >= 0.3 is 12.2 Å². The van der Waals surface area contributed by atoms with Crippen LogP contribution in [0.2, 0.25) is 0 Å². The smallest absolute Gasteiger partial charge is 0.408 e. The molecule has 0 heterocycles. The van der Waals surface area contributed by atoms with Gasteiger partial charge in [-0.3, -0.25) is 4.79 Å². The van der Waals surface area contributed by atoms with Gasteiger partial charge in [-0.2, -0.15) is 0 Å². The monoisotopic (exact) mass is 469 g/mol. The highest BCUT2D eigenvalue weighted by atomic mass is 16.6. The number of hydrogen-bond donors (Lipinski definition) is 3. The average molecular weight is 470 g/mol. The van der Waals surface area contributed by atoms with Crippen molar-refractivity contribution in [1.29, 1.82) is 0 Å². The number of alkyl carbamates (subject to hydrolysis) is 2. The number of hydrogen-bond acceptors (Lipinski definition) is 5. The number of ether oxygens (including phenoxy) is 2. The first-order valence-electron chi connectivity index (χ1n) is 11.4. The van der Waals surface area contributed by atoms with Gasteiger partial charge in [0.2, 0.25) is 5.91 Å². The molecule has 0 saturated carbocycles. The summed E-state index contributed by atoms with van der Waals surface area (Å²) in [7, 11) is 0. The second-order valence-electron chi connectivity index (χ2n) is 8.97. The second-order valence-corrected chi connectivity index (χ2v) is 8.97. The number of benzene rings is 2. The Morgan fingerprint density at radius 1 is 0.882 bits per heavy atom. The molecule has 2 atom stereocenters. The summed E-state index contributed by atoms with van der Waals surface area (Å²) in [5.41, 5.74) is 1.16. The van der Waals surface area contributed by atoms with E-state index in [2.05, 4.69) is 16.0 Å². The summed E-state index contributed by atoms with van der Waals surface area (Å²) in [5, 5.41) is 8.25. The van der Waals surface area contributed by atoms with E-state index < -0.39 is 23.8 Å². The van der Waals surface area contributed by atoms with Gasteiger partial charge in [0.05, 0.1) is 6.04 Å². The highest BCUT2D eigenvalue weighted by Crippen LogP contribution is 2.13. The maximum Gasteiger partial charge on any atom is 0.408 e. The van der Waals surface area contributed by atoms with E-state index in [1.54, 1.807) is 20.8 Å². The van der Waals surface area contributed by atoms with Crippen LogP contribution in [0, 0.1) is 0 Å². The molecule has 0 aliphatic carbocycles. The van der Waals surface area contributed by atoms with Crippen LogP contribution in [-0.2, 0) is 20.9 Å². The highest BCUT2D eigenvalue weighted by Gasteiger charge is 2.25. The van der Waals surface area contributed by atoms with Crippen molar-refractivity contribution >= 4 is 18.1 Å². The van der Waals surface area contributed by atoms with Crippen molar-refractivity contribution in [3.8, 4) is 0 Å². The predicted octanol–water partition coefficient (Wildman–Crippen LogP) is 4.46. The van der Waals surface area contributed by atoms with Gasteiger partial charge in [0.25, 0.3) is 0 Å². The molecule has 2 aromatic carbocycles. The van der Waals surface area contributed by atoms with Gasteiger partial charge in [0, 0.05) is 6.54 Å². The van der Waals surface area contributed by atoms with Crippen LogP contribution in [-0.4, -0.2) is 36.3 Å². The van der Waals surface area contributed by atoms with Crippen molar-refractivity contribution in [3.63, 3.8) is 0 Å². The molecule has 8 heteroatoms. The Bertz CT molecular complexity index is 913. The average Bonchev–Trinajstić information content (AvgIpc) is 2.79. The van der Waals surface area contributed by atoms with E-state index in [1.807, 2.05) is 67.6 Å². The van der Waals surface area contributed by atoms with E-state index >= 15 is 0 Å². The van der Waals surface area contributed by atoms with Gasteiger partial charge in [0.1, 0.15) is 18.2 Å². The fourth-order valence-corrected chi connectivity index (χ4v) is 3.13. The molecule has 34 heavy (non-hydrogen) atoms. The fourth-order valence-electron chi connectivity index (χ4n) is 3.13. The lowest BCUT2D eigenvalue weighted by molar-refractivity contribution is -0.124. The standard InChI is InChI=1S/C26H35N3O5/c1-19(21-14-9-6-10-15-21)28-23(30)22(29-25(32)34-26(2,3)4)16-11-17-27-24(31)33-18-20-12-7-5-8-13-20/h5-10,12-15,19,22H,11,16-18H2,1-4H3,(H,27,31)(H,28,30)(H,29,32)/t19-,22+/m1/s1. The number of rotatable bonds is 10. The van der Waals surface area contributed by atoms with E-state index in [-0.39, 0.29) is 18.6 Å². The van der Waals surface area contributed by atoms with E-state index in [0.29, 0.717) is 19.4 Å². The van der Waals surface area contributed by atoms with Gasteiger partial charge in [-0.15, -0.1) is 0 Å². The fraction of sp³-hybridized carbons (Fsp3) is 0.423. The topological polar surface area (TPSA) is 106 Å². The van der Waals surface area contributed by atoms with Crippen LogP contribution in [0.4, 0.5) is 9.59 Å². The first kappa shape index (κ1) is 26.7. The Morgan fingerprint density at radius 2 is 1.50 bits per heavy atom. The lowest BCUT2D eigenvalue weighted by atomic mass is 10.1. The molecule has 3 N–H and O–H groups in total. The Morgan fingerprint density at radius 3 is 2.12 bits per heavy atom. The van der Waals surface area contributed by atoms with Crippen molar-refractivity contribution < 1.29 is 23.9 Å². The van der Waals surface area contributed by atoms with Crippen molar-refractivity contribution in [1.82, 2.24) is 16.0 Å². The molecule has 0 saturated heterocycles. The number of amides is 3. The van der Waals surface area contributed by atoms with E-state index in [1.165, 1.54) is 0 Å². The summed E-state index contributed by atoms with van der Waals surface area (Å²) in [6.45, 7) is 7.61. The third-order valence-corrected chi connectivity index (χ3v) is 4.82. The quantitative estimate of drug-likeness (QED) is 0.446. The van der Waals surface area contributed by atoms with Gasteiger partial charge in [0.15, 0.2) is 0 Å². The highest BCUT2D eigenvalue weighted by molar-refractivity contribution is 5.86. The van der Waals surface area contributed by atoms with Gasteiger partial charge in [-0.1, -0.05) is 60.7 Å². The number of carbonyl (C=O) groups excluding carboxylic acids is 3. The van der Waals surface area contributed by atoms with Crippen LogP contribution >= 0.6 is 0 Å². The first-order valence-corrected chi connectivity index (χ1v) is 11.4. The zero-order valence-electron chi connectivity index (χ0n) is 20.3. The van der Waals surface area contributed by atoms with Gasteiger partial charge < -0.3 is 25.4 Å². The molecule has 0 radical (unpaired) electrons. The van der Waals surface area contributed by atoms with Crippen LogP contribution in [0.3, 0.4) is 0 Å². The molecule has 0 unspecified atom stereocenters. The molecule has 0 bridgehead atoms. The Balaban J connectivity index is 1.86. The minimum Gasteiger partial charge on any atom is -0.445 e. The molecular formula is C26H35N3O5. The summed E-state index contributed by atoms with van der Waals surface area (Å²) < 4.78 is 10.5. The predicted molar refractivity (Wildman–Crippen MR) is 130 cm³/mol. The molecule has 0 aliphatic heterocycles. The maximum absolute atomic E-state index is 12.9. The first-order chi connectivity index (χ1) is 16.1. The van der Waals surface area contributed by atoms with Crippen LogP contribution in [0.5, 0.6) is 0 Å². The van der Waals surface area contributed by atoms with Gasteiger partial charge in [-0.05, 0) is 51.7 Å². The molecule has 3 amide bonds. The molecule has 0 fully saturated rings. The summed E-state index contributed by atoms with van der Waals surface area (Å²) >= 11 is 0. The van der Waals surface area contributed by atoms with Crippen LogP contribution < -0.4 is 16.0 Å². The zero-order valence-corrected chi connectivity index (χ0v) is 20.3. The lowest BCUT2D eigenvalue weighted by Crippen LogP contribution is -2.49. The number of nitrogens with one attached hydrogen (secondary N) is 3. The van der Waals surface area contributed by atoms with Crippen LogP contribution in [0.1, 0.15) is 57.7 Å². The summed E-state index contributed by atoms with van der Waals surface area (Å²) in [4.78, 5) is 37.1. The molecule has 0 aliphatic rings. The van der Waals surface area contributed by atoms with Crippen LogP contribution in [0.15, 0.2) is 60.7 Å². The SMILES string of the molecule is C[C@@H](NC(=O)[C@H](CCCNC(=O)OCc1ccccc1)NC(=O)OC(C)(C)C)c1ccccc1. The number of carbonyl (C=O) groups is 3. The molecule has 8 nitrogen and oxygen atoms in total. The Kier molecular flexibility index (Phi) is 10.4. The van der Waals surface area contributed by atoms with Crippen molar-refractivity contribution in [2.45, 2.75) is 64.8 Å². The second kappa shape index (κ2) is 13.2. The van der Waals surface area contributed by atoms with Crippen LogP contribution in [0.25, 0.3) is 0 Å². The minimum absolute atomic E-state index is 0.176. The van der Waals surface area contributed by atoms with E-state index in [4.69, 9.17) is 9.47 Å². The lowest BCUT2D eigenvalue weighted by Gasteiger charge is -2.24. The molecular weight excluding hydrogens is 434 g/mol. The normalized spacial score (nSPS) is 12.7. The van der Waals surface area contributed by atoms with Crippen molar-refractivity contribution in [2.75, 3.05) is 6.54 Å². The molecule has 2 rings (SSSR count). The van der Waals surface area contributed by atoms with Crippen molar-refractivity contribution in [2.24, 2.45) is 0 Å². The summed E-state index contributed by atoms with van der Waals surface area (Å²) in [5.74, 6) is -0.325. The molecule has 0 spiro atoms. The van der Waals surface area contributed by atoms with E-state index in [0.717, 1.165) is 11.1 Å². The minimum atomic E-state index is -0.817. The molecule has 2 aromatic rings. The Hall–Kier alpha value is -3.55. The maximum atomic E-state index is 12.9. The summed E-state index contributed by atoms with van der Waals surface area (Å²) in [6, 6.07) is 17.9. The molecule has 0 aromatic heterocycles. The van der Waals surface area contributed by atoms with Gasteiger partial charge in [-0.25, -0.2) is 9.59 Å². The largest absolute Gasteiger partial charge is 0.445 e.